The van der Waals surface area contributed by atoms with Gasteiger partial charge in [0, 0.05) is 0 Å². The Morgan fingerprint density at radius 1 is 0.741 bits per heavy atom. The number of unbranched alkanes of at least 4 members (excludes halogenated alkanes) is 2. The Bertz CT molecular complexity index is 1370. The molecular formula is C42H69O10PSi. The molecule has 0 spiro atoms. The zero-order valence-electron chi connectivity index (χ0n) is 34.8. The first-order valence-electron chi connectivity index (χ1n) is 20.0. The molecule has 0 N–H and O–H groups in total. The third kappa shape index (κ3) is 13.3. The number of phosphoric acid groups is 1. The molecule has 0 amide bonds. The van der Waals surface area contributed by atoms with Crippen LogP contribution < -0.4 is 0 Å². The van der Waals surface area contributed by atoms with E-state index < -0.39 is 58.2 Å². The van der Waals surface area contributed by atoms with Gasteiger partial charge in [-0.15, -0.1) is 0 Å². The zero-order valence-corrected chi connectivity index (χ0v) is 36.7. The molecular weight excluding hydrogens is 724 g/mol. The van der Waals surface area contributed by atoms with Gasteiger partial charge in [-0.25, -0.2) is 4.57 Å². The summed E-state index contributed by atoms with van der Waals surface area (Å²) in [5, 5.41) is 0. The summed E-state index contributed by atoms with van der Waals surface area (Å²) in [5.41, 5.74) is 1.91. The summed E-state index contributed by atoms with van der Waals surface area (Å²) in [7, 11) is -6.63. The van der Waals surface area contributed by atoms with E-state index in [0.29, 0.717) is 29.5 Å². The van der Waals surface area contributed by atoms with Crippen LogP contribution in [0.1, 0.15) is 113 Å². The van der Waals surface area contributed by atoms with Crippen molar-refractivity contribution < 1.29 is 46.3 Å². The standard InChI is InChI=1S/C42H69O10PSi/c1-12-14-26-47-53(44,48-27-15-13-2)52-40-39(51-41(43)42(9,10)11)38(46-29-35-24-20-17-21-25-35)37(45-28-34-22-18-16-19-23-34)36(50-40)30-49-54(31(3)4,32(5)6)33(7)8/h16-25,31-33,36-40H,12-15,26-30H2,1-11H3/t36-,37-,38+,39-,40-/m1/s1. The van der Waals surface area contributed by atoms with Crippen molar-refractivity contribution >= 4 is 22.1 Å². The summed E-state index contributed by atoms with van der Waals surface area (Å²) in [6.45, 7) is 23.6. The van der Waals surface area contributed by atoms with Crippen molar-refractivity contribution in [3.05, 3.63) is 71.8 Å². The molecule has 1 heterocycles. The number of phosphoric ester groups is 1. The van der Waals surface area contributed by atoms with Gasteiger partial charge in [0.1, 0.15) is 18.3 Å². The second-order valence-corrected chi connectivity index (χ2v) is 23.3. The zero-order chi connectivity index (χ0) is 39.9. The maximum absolute atomic E-state index is 14.4. The molecule has 3 rings (SSSR count). The number of rotatable bonds is 23. The van der Waals surface area contributed by atoms with E-state index in [9.17, 15) is 9.36 Å². The maximum Gasteiger partial charge on any atom is 0.477 e. The number of benzene rings is 2. The highest BCUT2D eigenvalue weighted by Crippen LogP contribution is 2.53. The maximum atomic E-state index is 14.4. The molecule has 2 aromatic rings. The molecule has 0 radical (unpaired) electrons. The minimum Gasteiger partial charge on any atom is -0.454 e. The Labute approximate surface area is 327 Å². The van der Waals surface area contributed by atoms with Crippen molar-refractivity contribution in [1.82, 2.24) is 0 Å². The molecule has 2 aromatic carbocycles. The van der Waals surface area contributed by atoms with Gasteiger partial charge < -0.3 is 23.4 Å². The molecule has 0 aromatic heterocycles. The summed E-state index contributed by atoms with van der Waals surface area (Å²) in [4.78, 5) is 13.8. The van der Waals surface area contributed by atoms with Crippen LogP contribution in [0, 0.1) is 5.41 Å². The Morgan fingerprint density at radius 3 is 1.63 bits per heavy atom. The van der Waals surface area contributed by atoms with E-state index in [0.717, 1.165) is 24.0 Å². The van der Waals surface area contributed by atoms with Gasteiger partial charge in [0.15, 0.2) is 14.4 Å². The monoisotopic (exact) mass is 792 g/mol. The van der Waals surface area contributed by atoms with Gasteiger partial charge in [-0.05, 0) is 61.4 Å². The summed E-state index contributed by atoms with van der Waals surface area (Å²) in [6, 6.07) is 19.6. The third-order valence-corrected chi connectivity index (χ3v) is 17.5. The first-order valence-corrected chi connectivity index (χ1v) is 23.6. The molecule has 306 valence electrons. The fraction of sp³-hybridized carbons (Fsp3) is 0.690. The molecule has 1 fully saturated rings. The predicted octanol–water partition coefficient (Wildman–Crippen LogP) is 10.8. The second-order valence-electron chi connectivity index (χ2n) is 16.2. The van der Waals surface area contributed by atoms with Crippen LogP contribution in [0.2, 0.25) is 16.6 Å². The second kappa shape index (κ2) is 22.1. The van der Waals surface area contributed by atoms with Gasteiger partial charge >= 0.3 is 13.8 Å². The van der Waals surface area contributed by atoms with E-state index in [-0.39, 0.29) is 33.0 Å². The molecule has 1 saturated heterocycles. The summed E-state index contributed by atoms with van der Waals surface area (Å²) in [5.74, 6) is -0.506. The van der Waals surface area contributed by atoms with Crippen molar-refractivity contribution in [2.75, 3.05) is 19.8 Å². The number of ether oxygens (including phenoxy) is 4. The molecule has 54 heavy (non-hydrogen) atoms. The van der Waals surface area contributed by atoms with Crippen molar-refractivity contribution in [3.8, 4) is 0 Å². The van der Waals surface area contributed by atoms with E-state index >= 15 is 0 Å². The highest BCUT2D eigenvalue weighted by molar-refractivity contribution is 7.48. The third-order valence-electron chi connectivity index (χ3n) is 9.95. The highest BCUT2D eigenvalue weighted by Gasteiger charge is 2.55. The van der Waals surface area contributed by atoms with Crippen LogP contribution in [0.5, 0.6) is 0 Å². The van der Waals surface area contributed by atoms with Gasteiger partial charge in [0.25, 0.3) is 0 Å². The topological polar surface area (TPSA) is 108 Å². The minimum absolute atomic E-state index is 0.156. The lowest BCUT2D eigenvalue weighted by Gasteiger charge is -2.48. The van der Waals surface area contributed by atoms with Crippen LogP contribution in [0.3, 0.4) is 0 Å². The average molecular weight is 793 g/mol. The minimum atomic E-state index is -4.22. The van der Waals surface area contributed by atoms with Gasteiger partial charge in [0.05, 0.1) is 38.4 Å². The van der Waals surface area contributed by atoms with Gasteiger partial charge in [-0.1, -0.05) is 129 Å². The molecule has 0 saturated carbocycles. The first-order chi connectivity index (χ1) is 25.6. The normalized spacial score (nSPS) is 21.3. The van der Waals surface area contributed by atoms with Crippen molar-refractivity contribution in [1.29, 1.82) is 0 Å². The number of hydrogen-bond acceptors (Lipinski definition) is 10. The fourth-order valence-electron chi connectivity index (χ4n) is 7.04. The largest absolute Gasteiger partial charge is 0.477 e. The number of esters is 1. The number of carbonyl (C=O) groups is 1. The van der Waals surface area contributed by atoms with Crippen LogP contribution in [-0.4, -0.2) is 64.8 Å². The average Bonchev–Trinajstić information content (AvgIpc) is 3.11. The van der Waals surface area contributed by atoms with Gasteiger partial charge in [-0.2, -0.15) is 0 Å². The highest BCUT2D eigenvalue weighted by atomic mass is 31.2. The lowest BCUT2D eigenvalue weighted by atomic mass is 9.95. The number of carbonyl (C=O) groups excluding carboxylic acids is 1. The Hall–Kier alpha value is -1.92. The summed E-state index contributed by atoms with van der Waals surface area (Å²) < 4.78 is 66.3. The van der Waals surface area contributed by atoms with Crippen molar-refractivity contribution in [3.63, 3.8) is 0 Å². The van der Waals surface area contributed by atoms with E-state index in [1.807, 2.05) is 74.5 Å². The van der Waals surface area contributed by atoms with Gasteiger partial charge in [0.2, 0.25) is 6.29 Å². The van der Waals surface area contributed by atoms with Crippen molar-refractivity contribution in [2.45, 2.75) is 162 Å². The Balaban J connectivity index is 2.19. The van der Waals surface area contributed by atoms with Crippen LogP contribution >= 0.6 is 7.82 Å². The fourth-order valence-corrected chi connectivity index (χ4v) is 13.8. The molecule has 10 nitrogen and oxygen atoms in total. The molecule has 1 aliphatic rings. The summed E-state index contributed by atoms with van der Waals surface area (Å²) >= 11 is 0. The molecule has 12 heteroatoms. The quantitative estimate of drug-likeness (QED) is 0.0467. The number of hydrogen-bond donors (Lipinski definition) is 0. The molecule has 0 aliphatic carbocycles. The molecule has 0 unspecified atom stereocenters. The van der Waals surface area contributed by atoms with E-state index in [1.165, 1.54) is 0 Å². The lowest BCUT2D eigenvalue weighted by Crippen LogP contribution is -2.63. The molecule has 0 bridgehead atoms. The SMILES string of the molecule is CCCCOP(=O)(OCCCC)O[C@H]1O[C@H](CO[Si](C(C)C)(C(C)C)C(C)C)[C@@H](OCc2ccccc2)[C@H](OCc2ccccc2)[C@H]1OC(=O)C(C)(C)C. The molecule has 1 aliphatic heterocycles. The lowest BCUT2D eigenvalue weighted by molar-refractivity contribution is -0.304. The van der Waals surface area contributed by atoms with Gasteiger partial charge in [-0.3, -0.25) is 18.4 Å². The van der Waals surface area contributed by atoms with Crippen LogP contribution in [-0.2, 0) is 59.5 Å². The first kappa shape index (κ1) is 46.5. The summed E-state index contributed by atoms with van der Waals surface area (Å²) in [6.07, 6.45) is -2.15. The van der Waals surface area contributed by atoms with E-state index in [4.69, 9.17) is 36.9 Å². The van der Waals surface area contributed by atoms with Crippen LogP contribution in [0.15, 0.2) is 60.7 Å². The Morgan fingerprint density at radius 2 is 1.20 bits per heavy atom. The van der Waals surface area contributed by atoms with Crippen LogP contribution in [0.25, 0.3) is 0 Å². The van der Waals surface area contributed by atoms with Crippen LogP contribution in [0.4, 0.5) is 0 Å². The Kier molecular flexibility index (Phi) is 19.0. The predicted molar refractivity (Wildman–Crippen MR) is 215 cm³/mol. The van der Waals surface area contributed by atoms with E-state index in [1.54, 1.807) is 20.8 Å². The smallest absolute Gasteiger partial charge is 0.454 e. The van der Waals surface area contributed by atoms with E-state index in [2.05, 4.69) is 41.5 Å². The van der Waals surface area contributed by atoms with Crippen molar-refractivity contribution in [2.24, 2.45) is 5.41 Å². The molecule has 5 atom stereocenters.